The first-order valence-electron chi connectivity index (χ1n) is 12.0. The van der Waals surface area contributed by atoms with Crippen molar-refractivity contribution in [2.24, 2.45) is 5.92 Å². The Labute approximate surface area is 183 Å². The lowest BCUT2D eigenvalue weighted by atomic mass is 10.0. The molecule has 0 aromatic rings. The summed E-state index contributed by atoms with van der Waals surface area (Å²) in [5.41, 5.74) is 0. The van der Waals surface area contributed by atoms with E-state index in [0.29, 0.717) is 12.8 Å². The largest absolute Gasteiger partial charge is 0.481 e. The van der Waals surface area contributed by atoms with Crippen LogP contribution in [-0.2, 0) is 14.4 Å². The second-order valence-electron chi connectivity index (χ2n) is 8.11. The lowest BCUT2D eigenvalue weighted by Crippen LogP contribution is -2.23. The molecule has 6 nitrogen and oxygen atoms in total. The van der Waals surface area contributed by atoms with Crippen LogP contribution in [0.1, 0.15) is 129 Å². The molecule has 0 fully saturated rings. The number of rotatable bonds is 20. The third-order valence-electron chi connectivity index (χ3n) is 5.19. The van der Waals surface area contributed by atoms with Crippen molar-refractivity contribution in [1.29, 1.82) is 0 Å². The van der Waals surface area contributed by atoms with Gasteiger partial charge in [-0.25, -0.2) is 0 Å². The summed E-state index contributed by atoms with van der Waals surface area (Å²) < 4.78 is 0. The molecule has 0 saturated carbocycles. The van der Waals surface area contributed by atoms with Crippen molar-refractivity contribution in [2.45, 2.75) is 129 Å². The maximum absolute atomic E-state index is 10.6. The van der Waals surface area contributed by atoms with E-state index < -0.39 is 23.8 Å². The number of carbonyl (C=O) groups is 3. The van der Waals surface area contributed by atoms with E-state index in [0.717, 1.165) is 25.7 Å². The number of carboxylic acid groups (broad SMARTS) is 3. The molecule has 0 aromatic heterocycles. The molecular formula is C24H46O6. The molecule has 0 heterocycles. The maximum atomic E-state index is 10.6. The Hall–Kier alpha value is -1.59. The maximum Gasteiger partial charge on any atom is 0.317 e. The zero-order chi connectivity index (χ0) is 23.0. The van der Waals surface area contributed by atoms with Crippen LogP contribution in [-0.4, -0.2) is 33.2 Å². The Morgan fingerprint density at radius 3 is 1.20 bits per heavy atom. The Kier molecular flexibility index (Phi) is 24.2. The second-order valence-corrected chi connectivity index (χ2v) is 8.11. The van der Waals surface area contributed by atoms with Crippen LogP contribution >= 0.6 is 0 Å². The molecule has 30 heavy (non-hydrogen) atoms. The Morgan fingerprint density at radius 2 is 0.867 bits per heavy atom. The minimum absolute atomic E-state index is 0.248. The van der Waals surface area contributed by atoms with Gasteiger partial charge in [0, 0.05) is 6.42 Å². The van der Waals surface area contributed by atoms with Gasteiger partial charge < -0.3 is 15.3 Å². The van der Waals surface area contributed by atoms with Crippen LogP contribution in [0.3, 0.4) is 0 Å². The smallest absolute Gasteiger partial charge is 0.317 e. The normalized spacial score (nSPS) is 10.5. The van der Waals surface area contributed by atoms with E-state index in [2.05, 4.69) is 13.8 Å². The highest BCUT2D eigenvalue weighted by Gasteiger charge is 2.24. The first kappa shape index (κ1) is 30.6. The summed E-state index contributed by atoms with van der Waals surface area (Å²) in [4.78, 5) is 31.3. The number of hydrogen-bond donors (Lipinski definition) is 3. The summed E-state index contributed by atoms with van der Waals surface area (Å²) in [6.07, 6.45) is 19.3. The molecule has 6 heteroatoms. The summed E-state index contributed by atoms with van der Waals surface area (Å²) in [6, 6.07) is 0. The predicted octanol–water partition coefficient (Wildman–Crippen LogP) is 6.90. The van der Waals surface area contributed by atoms with Crippen LogP contribution in [0.2, 0.25) is 0 Å². The molecule has 3 N–H and O–H groups in total. The fourth-order valence-corrected chi connectivity index (χ4v) is 3.25. The van der Waals surface area contributed by atoms with E-state index >= 15 is 0 Å². The van der Waals surface area contributed by atoms with Crippen molar-refractivity contribution in [3.05, 3.63) is 0 Å². The molecule has 0 radical (unpaired) electrons. The summed E-state index contributed by atoms with van der Waals surface area (Å²) in [6.45, 7) is 4.39. The SMILES string of the molecule is CCCCCCCCCC(C(=O)O)C(=O)O.CCCCCCCCCCCC(=O)O. The van der Waals surface area contributed by atoms with Gasteiger partial charge >= 0.3 is 17.9 Å². The van der Waals surface area contributed by atoms with E-state index in [1.807, 2.05) is 0 Å². The number of unbranched alkanes of at least 4 members (excludes halogenated alkanes) is 14. The molecule has 0 aliphatic heterocycles. The first-order valence-corrected chi connectivity index (χ1v) is 12.0. The van der Waals surface area contributed by atoms with Crippen molar-refractivity contribution in [1.82, 2.24) is 0 Å². The van der Waals surface area contributed by atoms with Gasteiger partial charge in [-0.1, -0.05) is 110 Å². The fourth-order valence-electron chi connectivity index (χ4n) is 3.25. The minimum atomic E-state index is -1.23. The summed E-state index contributed by atoms with van der Waals surface area (Å²) in [7, 11) is 0. The lowest BCUT2D eigenvalue weighted by Gasteiger charge is -2.06. The van der Waals surface area contributed by atoms with Crippen LogP contribution in [0.25, 0.3) is 0 Å². The number of aliphatic carboxylic acids is 3. The topological polar surface area (TPSA) is 112 Å². The summed E-state index contributed by atoms with van der Waals surface area (Å²) in [5.74, 6) is -4.33. The molecular weight excluding hydrogens is 384 g/mol. The van der Waals surface area contributed by atoms with Crippen molar-refractivity contribution >= 4 is 17.9 Å². The molecule has 0 aliphatic carbocycles. The van der Waals surface area contributed by atoms with Gasteiger partial charge in [-0.2, -0.15) is 0 Å². The minimum Gasteiger partial charge on any atom is -0.481 e. The first-order chi connectivity index (χ1) is 14.4. The van der Waals surface area contributed by atoms with Gasteiger partial charge in [0.05, 0.1) is 0 Å². The molecule has 0 unspecified atom stereocenters. The van der Waals surface area contributed by atoms with Gasteiger partial charge in [0.15, 0.2) is 5.92 Å². The van der Waals surface area contributed by atoms with Crippen molar-refractivity contribution in [3.8, 4) is 0 Å². The number of carboxylic acids is 3. The standard InChI is InChI=1S/C12H22O4.C12H24O2/c1-2-3-4-5-6-7-8-9-10(11(13)14)12(15)16;1-2-3-4-5-6-7-8-9-10-11-12(13)14/h10H,2-9H2,1H3,(H,13,14)(H,15,16);2-11H2,1H3,(H,13,14). The fraction of sp³-hybridized carbons (Fsp3) is 0.875. The van der Waals surface area contributed by atoms with Crippen LogP contribution < -0.4 is 0 Å². The van der Waals surface area contributed by atoms with E-state index in [1.54, 1.807) is 0 Å². The van der Waals surface area contributed by atoms with Crippen LogP contribution in [0, 0.1) is 5.92 Å². The van der Waals surface area contributed by atoms with Crippen molar-refractivity contribution < 1.29 is 29.7 Å². The van der Waals surface area contributed by atoms with E-state index in [9.17, 15) is 14.4 Å². The Morgan fingerprint density at radius 1 is 0.533 bits per heavy atom. The van der Waals surface area contributed by atoms with Gasteiger partial charge in [0.1, 0.15) is 0 Å². The molecule has 0 bridgehead atoms. The third kappa shape index (κ3) is 24.4. The monoisotopic (exact) mass is 430 g/mol. The quantitative estimate of drug-likeness (QED) is 0.143. The zero-order valence-corrected chi connectivity index (χ0v) is 19.4. The lowest BCUT2D eigenvalue weighted by molar-refractivity contribution is -0.154. The van der Waals surface area contributed by atoms with E-state index in [4.69, 9.17) is 15.3 Å². The highest BCUT2D eigenvalue weighted by Crippen LogP contribution is 2.13. The van der Waals surface area contributed by atoms with Gasteiger partial charge in [0.25, 0.3) is 0 Å². The summed E-state index contributed by atoms with van der Waals surface area (Å²) >= 11 is 0. The van der Waals surface area contributed by atoms with Crippen molar-refractivity contribution in [3.63, 3.8) is 0 Å². The molecule has 178 valence electrons. The highest BCUT2D eigenvalue weighted by atomic mass is 16.4. The van der Waals surface area contributed by atoms with Gasteiger partial charge in [-0.05, 0) is 12.8 Å². The molecule has 0 atom stereocenters. The molecule has 0 amide bonds. The average molecular weight is 431 g/mol. The molecule has 0 saturated heterocycles. The predicted molar refractivity (Wildman–Crippen MR) is 121 cm³/mol. The number of hydrogen-bond acceptors (Lipinski definition) is 3. The summed E-state index contributed by atoms with van der Waals surface area (Å²) in [5, 5.41) is 25.7. The van der Waals surface area contributed by atoms with Gasteiger partial charge in [0.2, 0.25) is 0 Å². The molecule has 0 spiro atoms. The van der Waals surface area contributed by atoms with Crippen LogP contribution in [0.5, 0.6) is 0 Å². The van der Waals surface area contributed by atoms with Gasteiger partial charge in [-0.15, -0.1) is 0 Å². The highest BCUT2D eigenvalue weighted by molar-refractivity contribution is 5.92. The third-order valence-corrected chi connectivity index (χ3v) is 5.19. The molecule has 0 rings (SSSR count). The zero-order valence-electron chi connectivity index (χ0n) is 19.4. The Balaban J connectivity index is 0. The Bertz CT molecular complexity index is 408. The second kappa shape index (κ2) is 23.7. The average Bonchev–Trinajstić information content (AvgIpc) is 2.68. The van der Waals surface area contributed by atoms with Crippen LogP contribution in [0.4, 0.5) is 0 Å². The van der Waals surface area contributed by atoms with E-state index in [1.165, 1.54) is 70.6 Å². The molecule has 0 aromatic carbocycles. The molecule has 0 aliphatic rings. The van der Waals surface area contributed by atoms with E-state index in [-0.39, 0.29) is 6.42 Å². The van der Waals surface area contributed by atoms with Crippen molar-refractivity contribution in [2.75, 3.05) is 0 Å². The van der Waals surface area contributed by atoms with Crippen LogP contribution in [0.15, 0.2) is 0 Å². The van der Waals surface area contributed by atoms with Gasteiger partial charge in [-0.3, -0.25) is 14.4 Å².